The molecule has 0 aliphatic carbocycles. The van der Waals surface area contributed by atoms with Gasteiger partial charge in [0.2, 0.25) is 5.89 Å². The molecule has 0 spiro atoms. The molecule has 7 heteroatoms. The first-order chi connectivity index (χ1) is 13.5. The predicted molar refractivity (Wildman–Crippen MR) is 107 cm³/mol. The summed E-state index contributed by atoms with van der Waals surface area (Å²) in [5.74, 6) is -0.0497. The normalized spacial score (nSPS) is 13.0. The third-order valence-electron chi connectivity index (χ3n) is 4.62. The van der Waals surface area contributed by atoms with Crippen LogP contribution in [0.15, 0.2) is 52.9 Å². The third kappa shape index (κ3) is 4.31. The van der Waals surface area contributed by atoms with E-state index in [0.29, 0.717) is 17.2 Å². The molecule has 1 unspecified atom stereocenters. The number of anilines is 1. The number of oxazole rings is 1. The Labute approximate surface area is 163 Å². The number of methoxy groups -OCH3 is 1. The van der Waals surface area contributed by atoms with Crippen molar-refractivity contribution < 1.29 is 18.7 Å². The number of hydrogen-bond acceptors (Lipinski definition) is 5. The van der Waals surface area contributed by atoms with Crippen LogP contribution in [0.3, 0.4) is 0 Å². The van der Waals surface area contributed by atoms with Crippen LogP contribution in [0.25, 0.3) is 22.6 Å². The number of esters is 1. The number of urea groups is 1. The number of nitrogens with zero attached hydrogens (tertiary/aromatic N) is 1. The van der Waals surface area contributed by atoms with E-state index in [9.17, 15) is 9.59 Å². The summed E-state index contributed by atoms with van der Waals surface area (Å²) in [6.07, 6.45) is 0.729. The summed E-state index contributed by atoms with van der Waals surface area (Å²) < 4.78 is 10.6. The number of benzene rings is 2. The Balaban J connectivity index is 1.75. The molecule has 0 bridgehead atoms. The smallest absolute Gasteiger partial charge is 0.328 e. The zero-order chi connectivity index (χ0) is 20.1. The van der Waals surface area contributed by atoms with E-state index in [4.69, 9.17) is 9.15 Å². The SMILES string of the molecule is CCC(C)[C@H](NC(=O)Nc1cccc(-c2nc3ccccc3o2)c1)C(=O)OC. The minimum atomic E-state index is -0.713. The molecule has 3 rings (SSSR count). The summed E-state index contributed by atoms with van der Waals surface area (Å²) in [6.45, 7) is 3.83. The number of carbonyl (C=O) groups excluding carboxylic acids is 2. The molecular formula is C21H23N3O4. The topological polar surface area (TPSA) is 93.5 Å². The molecule has 0 aliphatic rings. The van der Waals surface area contributed by atoms with Gasteiger partial charge in [-0.2, -0.15) is 0 Å². The highest BCUT2D eigenvalue weighted by molar-refractivity contribution is 5.93. The first kappa shape index (κ1) is 19.4. The van der Waals surface area contributed by atoms with Gasteiger partial charge in [0.25, 0.3) is 0 Å². The van der Waals surface area contributed by atoms with Gasteiger partial charge in [-0.05, 0) is 36.2 Å². The first-order valence-corrected chi connectivity index (χ1v) is 9.13. The lowest BCUT2D eigenvalue weighted by Gasteiger charge is -2.22. The molecule has 2 aromatic carbocycles. The fourth-order valence-electron chi connectivity index (χ4n) is 2.83. The Bertz CT molecular complexity index is 949. The summed E-state index contributed by atoms with van der Waals surface area (Å²) >= 11 is 0. The first-order valence-electron chi connectivity index (χ1n) is 9.13. The maximum absolute atomic E-state index is 12.4. The molecule has 1 heterocycles. The lowest BCUT2D eigenvalue weighted by Crippen LogP contribution is -2.47. The third-order valence-corrected chi connectivity index (χ3v) is 4.62. The average molecular weight is 381 g/mol. The molecule has 28 heavy (non-hydrogen) atoms. The Kier molecular flexibility index (Phi) is 5.93. The molecule has 146 valence electrons. The van der Waals surface area contributed by atoms with Crippen LogP contribution in [0.1, 0.15) is 20.3 Å². The molecule has 0 radical (unpaired) electrons. The molecule has 0 saturated heterocycles. The van der Waals surface area contributed by atoms with Gasteiger partial charge in [-0.15, -0.1) is 0 Å². The van der Waals surface area contributed by atoms with E-state index in [1.165, 1.54) is 7.11 Å². The molecular weight excluding hydrogens is 358 g/mol. The molecule has 2 atom stereocenters. The van der Waals surface area contributed by atoms with Crippen molar-refractivity contribution in [3.05, 3.63) is 48.5 Å². The zero-order valence-corrected chi connectivity index (χ0v) is 16.1. The summed E-state index contributed by atoms with van der Waals surface area (Å²) in [6, 6.07) is 13.5. The summed E-state index contributed by atoms with van der Waals surface area (Å²) in [5, 5.41) is 5.43. The number of fused-ring (bicyclic) bond motifs is 1. The van der Waals surface area contributed by atoms with E-state index in [0.717, 1.165) is 17.5 Å². The fourth-order valence-corrected chi connectivity index (χ4v) is 2.83. The molecule has 7 nitrogen and oxygen atoms in total. The van der Waals surface area contributed by atoms with Crippen LogP contribution >= 0.6 is 0 Å². The van der Waals surface area contributed by atoms with Gasteiger partial charge in [-0.1, -0.05) is 38.5 Å². The van der Waals surface area contributed by atoms with Crippen molar-refractivity contribution >= 4 is 28.8 Å². The van der Waals surface area contributed by atoms with Crippen LogP contribution in [0.2, 0.25) is 0 Å². The molecule has 0 aliphatic heterocycles. The summed E-state index contributed by atoms with van der Waals surface area (Å²) in [7, 11) is 1.31. The van der Waals surface area contributed by atoms with E-state index < -0.39 is 18.0 Å². The van der Waals surface area contributed by atoms with Crippen LogP contribution in [-0.2, 0) is 9.53 Å². The maximum atomic E-state index is 12.4. The number of carbonyl (C=O) groups is 2. The highest BCUT2D eigenvalue weighted by Gasteiger charge is 2.26. The predicted octanol–water partition coefficient (Wildman–Crippen LogP) is 4.20. The number of hydrogen-bond donors (Lipinski definition) is 2. The number of nitrogens with one attached hydrogen (secondary N) is 2. The number of ether oxygens (including phenoxy) is 1. The zero-order valence-electron chi connectivity index (χ0n) is 16.1. The van der Waals surface area contributed by atoms with Gasteiger partial charge >= 0.3 is 12.0 Å². The molecule has 2 amide bonds. The monoisotopic (exact) mass is 381 g/mol. The van der Waals surface area contributed by atoms with Crippen LogP contribution in [0.4, 0.5) is 10.5 Å². The van der Waals surface area contributed by atoms with Gasteiger partial charge in [-0.25, -0.2) is 14.6 Å². The van der Waals surface area contributed by atoms with Gasteiger partial charge in [0.05, 0.1) is 7.11 Å². The largest absolute Gasteiger partial charge is 0.467 e. The lowest BCUT2D eigenvalue weighted by molar-refractivity contribution is -0.144. The highest BCUT2D eigenvalue weighted by Crippen LogP contribution is 2.26. The Morgan fingerprint density at radius 2 is 1.96 bits per heavy atom. The van der Waals surface area contributed by atoms with Crippen molar-refractivity contribution in [1.29, 1.82) is 0 Å². The van der Waals surface area contributed by atoms with E-state index in [-0.39, 0.29) is 5.92 Å². The minimum Gasteiger partial charge on any atom is -0.467 e. The van der Waals surface area contributed by atoms with Gasteiger partial charge in [0, 0.05) is 11.3 Å². The maximum Gasteiger partial charge on any atom is 0.328 e. The van der Waals surface area contributed by atoms with Crippen molar-refractivity contribution in [3.8, 4) is 11.5 Å². The number of aromatic nitrogens is 1. The second-order valence-corrected chi connectivity index (χ2v) is 6.55. The van der Waals surface area contributed by atoms with Crippen molar-refractivity contribution in [2.75, 3.05) is 12.4 Å². The van der Waals surface area contributed by atoms with Crippen LogP contribution in [-0.4, -0.2) is 30.1 Å². The van der Waals surface area contributed by atoms with Crippen molar-refractivity contribution in [1.82, 2.24) is 10.3 Å². The van der Waals surface area contributed by atoms with Gasteiger partial charge in [-0.3, -0.25) is 0 Å². The van der Waals surface area contributed by atoms with E-state index >= 15 is 0 Å². The van der Waals surface area contributed by atoms with Gasteiger partial charge in [0.15, 0.2) is 5.58 Å². The van der Waals surface area contributed by atoms with Crippen molar-refractivity contribution in [2.45, 2.75) is 26.3 Å². The molecule has 3 aromatic rings. The molecule has 0 saturated carbocycles. The summed E-state index contributed by atoms with van der Waals surface area (Å²) in [4.78, 5) is 28.8. The molecule has 2 N–H and O–H groups in total. The molecule has 1 aromatic heterocycles. The van der Waals surface area contributed by atoms with Crippen LogP contribution in [0, 0.1) is 5.92 Å². The second kappa shape index (κ2) is 8.56. The van der Waals surface area contributed by atoms with E-state index in [1.807, 2.05) is 44.2 Å². The van der Waals surface area contributed by atoms with Gasteiger partial charge in [0.1, 0.15) is 11.6 Å². The summed E-state index contributed by atoms with van der Waals surface area (Å²) in [5.41, 5.74) is 2.76. The fraction of sp³-hybridized carbons (Fsp3) is 0.286. The quantitative estimate of drug-likeness (QED) is 0.624. The Hall–Kier alpha value is -3.35. The highest BCUT2D eigenvalue weighted by atomic mass is 16.5. The van der Waals surface area contributed by atoms with E-state index in [1.54, 1.807) is 18.2 Å². The van der Waals surface area contributed by atoms with Crippen molar-refractivity contribution in [3.63, 3.8) is 0 Å². The van der Waals surface area contributed by atoms with Crippen LogP contribution < -0.4 is 10.6 Å². The van der Waals surface area contributed by atoms with Crippen LogP contribution in [0.5, 0.6) is 0 Å². The Morgan fingerprint density at radius 1 is 1.18 bits per heavy atom. The van der Waals surface area contributed by atoms with E-state index in [2.05, 4.69) is 15.6 Å². The standard InChI is InChI=1S/C21H23N3O4/c1-4-13(2)18(20(25)27-3)24-21(26)22-15-9-7-8-14(12-15)19-23-16-10-5-6-11-17(16)28-19/h5-13,18H,4H2,1-3H3,(H2,22,24,26)/t13?,18-/m0/s1. The van der Waals surface area contributed by atoms with Gasteiger partial charge < -0.3 is 19.8 Å². The second-order valence-electron chi connectivity index (χ2n) is 6.55. The average Bonchev–Trinajstić information content (AvgIpc) is 3.15. The lowest BCUT2D eigenvalue weighted by atomic mass is 9.99. The number of para-hydroxylation sites is 2. The Morgan fingerprint density at radius 3 is 2.68 bits per heavy atom. The molecule has 0 fully saturated rings. The minimum absolute atomic E-state index is 0.0516. The van der Waals surface area contributed by atoms with Crippen molar-refractivity contribution in [2.24, 2.45) is 5.92 Å². The number of rotatable bonds is 6. The number of amides is 2.